The van der Waals surface area contributed by atoms with E-state index in [1.54, 1.807) is 6.92 Å². The predicted molar refractivity (Wildman–Crippen MR) is 126 cm³/mol. The highest BCUT2D eigenvalue weighted by molar-refractivity contribution is 6.04. The molecule has 2 saturated heterocycles. The van der Waals surface area contributed by atoms with Crippen LogP contribution < -0.4 is 0 Å². The zero-order chi connectivity index (χ0) is 26.1. The summed E-state index contributed by atoms with van der Waals surface area (Å²) in [6.07, 6.45) is -2.23. The number of hydrogen-bond acceptors (Lipinski definition) is 9. The molecule has 9 nitrogen and oxygen atoms in total. The van der Waals surface area contributed by atoms with Gasteiger partial charge < -0.3 is 34.6 Å². The van der Waals surface area contributed by atoms with Gasteiger partial charge in [-0.1, -0.05) is 34.1 Å². The molecule has 0 bridgehead atoms. The molecule has 1 spiro atoms. The number of Topliss-reactive ketones (excluding diaryl/α,β-unsaturated/α-hetero) is 1. The minimum absolute atomic E-state index is 0.0732. The van der Waals surface area contributed by atoms with Crippen molar-refractivity contribution in [1.82, 2.24) is 0 Å². The summed E-state index contributed by atoms with van der Waals surface area (Å²) in [5, 5.41) is 42.9. The van der Waals surface area contributed by atoms with Crippen LogP contribution in [0.5, 0.6) is 11.5 Å². The molecule has 196 valence electrons. The van der Waals surface area contributed by atoms with Crippen LogP contribution in [-0.4, -0.2) is 69.3 Å². The Kier molecular flexibility index (Phi) is 8.60. The van der Waals surface area contributed by atoms with E-state index >= 15 is 0 Å². The van der Waals surface area contributed by atoms with Gasteiger partial charge in [-0.3, -0.25) is 9.59 Å². The summed E-state index contributed by atoms with van der Waals surface area (Å²) in [4.78, 5) is 25.5. The van der Waals surface area contributed by atoms with E-state index < -0.39 is 53.4 Å². The fourth-order valence-corrected chi connectivity index (χ4v) is 5.32. The van der Waals surface area contributed by atoms with E-state index in [1.807, 2.05) is 27.7 Å². The first kappa shape index (κ1) is 27.5. The number of aliphatic hydroxyl groups excluding tert-OH is 2. The monoisotopic (exact) mass is 494 g/mol. The van der Waals surface area contributed by atoms with Crippen LogP contribution in [0, 0.1) is 11.8 Å². The summed E-state index contributed by atoms with van der Waals surface area (Å²) in [5.41, 5.74) is -1.45. The number of phenolic OH excluding ortho intramolecular Hbond substituents is 2. The van der Waals surface area contributed by atoms with Crippen LogP contribution in [0.2, 0.25) is 0 Å². The van der Waals surface area contributed by atoms with Gasteiger partial charge in [0.1, 0.15) is 11.5 Å². The normalized spacial score (nSPS) is 29.8. The van der Waals surface area contributed by atoms with Crippen molar-refractivity contribution in [1.29, 1.82) is 0 Å². The predicted octanol–water partition coefficient (Wildman–Crippen LogP) is 3.26. The van der Waals surface area contributed by atoms with E-state index in [-0.39, 0.29) is 35.1 Å². The second-order valence-corrected chi connectivity index (χ2v) is 9.77. The van der Waals surface area contributed by atoms with E-state index in [0.717, 1.165) is 0 Å². The molecular weight excluding hydrogens is 456 g/mol. The zero-order valence-electron chi connectivity index (χ0n) is 21.1. The van der Waals surface area contributed by atoms with Crippen molar-refractivity contribution >= 4 is 12.1 Å². The smallest absolute Gasteiger partial charge is 0.189 e. The van der Waals surface area contributed by atoms with Gasteiger partial charge in [0, 0.05) is 24.5 Å². The highest BCUT2D eigenvalue weighted by Crippen LogP contribution is 2.50. The standard InChI is InChI=1S/C26H38O9/c1-6-9-14(18-11-19(28)26(25(32)34-18)20(7-2)35-26)21(29)15-10-16(24(13(4)5)33-8-3)23(31)17(12-27)22(15)30/h10,12-14,18-20,24-25,28,30-32H,6-9,11H2,1-5H3/t14?,18-,19-,20+,24?,25-,26-/m1/s1. The van der Waals surface area contributed by atoms with Crippen molar-refractivity contribution < 1.29 is 44.2 Å². The molecule has 3 rings (SSSR count). The van der Waals surface area contributed by atoms with Crippen LogP contribution in [0.25, 0.3) is 0 Å². The van der Waals surface area contributed by atoms with E-state index in [1.165, 1.54) is 6.07 Å². The number of aromatic hydroxyl groups is 2. The van der Waals surface area contributed by atoms with Gasteiger partial charge in [-0.2, -0.15) is 0 Å². The Morgan fingerprint density at radius 1 is 1.23 bits per heavy atom. The quantitative estimate of drug-likeness (QED) is 0.207. The highest BCUT2D eigenvalue weighted by Gasteiger charge is 2.68. The number of benzene rings is 1. The van der Waals surface area contributed by atoms with Crippen LogP contribution in [0.4, 0.5) is 0 Å². The van der Waals surface area contributed by atoms with Crippen molar-refractivity contribution in [2.24, 2.45) is 11.8 Å². The third-order valence-corrected chi connectivity index (χ3v) is 7.19. The number of phenols is 2. The molecule has 0 radical (unpaired) electrons. The molecule has 1 aromatic rings. The lowest BCUT2D eigenvalue weighted by Gasteiger charge is -2.39. The molecule has 7 atom stereocenters. The van der Waals surface area contributed by atoms with E-state index in [0.29, 0.717) is 32.2 Å². The largest absolute Gasteiger partial charge is 0.507 e. The lowest BCUT2D eigenvalue weighted by Crippen LogP contribution is -2.55. The second kappa shape index (κ2) is 10.9. The lowest BCUT2D eigenvalue weighted by molar-refractivity contribution is -0.239. The van der Waals surface area contributed by atoms with Crippen LogP contribution >= 0.6 is 0 Å². The van der Waals surface area contributed by atoms with Gasteiger partial charge in [0.05, 0.1) is 35.5 Å². The maximum atomic E-state index is 13.8. The first-order valence-corrected chi connectivity index (χ1v) is 12.5. The van der Waals surface area contributed by atoms with E-state index in [9.17, 15) is 30.0 Å². The van der Waals surface area contributed by atoms with Crippen LogP contribution in [0.1, 0.15) is 92.7 Å². The van der Waals surface area contributed by atoms with E-state index in [4.69, 9.17) is 14.2 Å². The maximum absolute atomic E-state index is 13.8. The number of hydrogen-bond donors (Lipinski definition) is 4. The van der Waals surface area contributed by atoms with Crippen molar-refractivity contribution in [2.45, 2.75) is 96.6 Å². The number of aliphatic hydroxyl groups is 2. The molecule has 1 aromatic carbocycles. The number of aldehydes is 1. The zero-order valence-corrected chi connectivity index (χ0v) is 21.1. The van der Waals surface area contributed by atoms with Crippen LogP contribution in [-0.2, 0) is 14.2 Å². The molecule has 2 unspecified atom stereocenters. The van der Waals surface area contributed by atoms with Crippen LogP contribution in [0.3, 0.4) is 0 Å². The molecule has 0 amide bonds. The minimum Gasteiger partial charge on any atom is -0.507 e. The molecule has 2 fully saturated rings. The SMILES string of the molecule is CCCC(C(=O)c1cc(C(OCC)C(C)C)c(O)c(C=O)c1O)[C@H]1C[C@@H](O)[C@]2(O[C@H]2CC)[C@H](O)O1. The van der Waals surface area contributed by atoms with Gasteiger partial charge in [-0.15, -0.1) is 0 Å². The summed E-state index contributed by atoms with van der Waals surface area (Å²) in [6, 6.07) is 1.37. The van der Waals surface area contributed by atoms with E-state index in [2.05, 4.69) is 0 Å². The van der Waals surface area contributed by atoms with Gasteiger partial charge in [0.2, 0.25) is 0 Å². The average Bonchev–Trinajstić information content (AvgIpc) is 3.56. The number of carbonyl (C=O) groups is 2. The molecule has 0 saturated carbocycles. The number of epoxide rings is 1. The number of ketones is 1. The van der Waals surface area contributed by atoms with Gasteiger partial charge in [0.25, 0.3) is 0 Å². The summed E-state index contributed by atoms with van der Waals surface area (Å²) in [7, 11) is 0. The summed E-state index contributed by atoms with van der Waals surface area (Å²) >= 11 is 0. The maximum Gasteiger partial charge on any atom is 0.189 e. The third kappa shape index (κ3) is 4.84. The molecule has 2 aliphatic heterocycles. The molecule has 0 aromatic heterocycles. The highest BCUT2D eigenvalue weighted by atomic mass is 16.7. The van der Waals surface area contributed by atoms with Gasteiger partial charge in [0.15, 0.2) is 24.0 Å². The summed E-state index contributed by atoms with van der Waals surface area (Å²) in [6.45, 7) is 9.68. The number of carbonyl (C=O) groups excluding carboxylic acids is 2. The Hall–Kier alpha value is -2.04. The minimum atomic E-state index is -1.40. The van der Waals surface area contributed by atoms with Gasteiger partial charge in [-0.25, -0.2) is 0 Å². The fourth-order valence-electron chi connectivity index (χ4n) is 5.32. The van der Waals surface area contributed by atoms with Crippen LogP contribution in [0.15, 0.2) is 6.07 Å². The third-order valence-electron chi connectivity index (χ3n) is 7.19. The second-order valence-electron chi connectivity index (χ2n) is 9.77. The molecular formula is C26H38O9. The molecule has 35 heavy (non-hydrogen) atoms. The summed E-state index contributed by atoms with van der Waals surface area (Å²) < 4.78 is 17.2. The van der Waals surface area contributed by atoms with Gasteiger partial charge >= 0.3 is 0 Å². The van der Waals surface area contributed by atoms with Crippen molar-refractivity contribution in [3.8, 4) is 11.5 Å². The fraction of sp³-hybridized carbons (Fsp3) is 0.692. The van der Waals surface area contributed by atoms with Crippen molar-refractivity contribution in [3.05, 3.63) is 22.8 Å². The molecule has 9 heteroatoms. The summed E-state index contributed by atoms with van der Waals surface area (Å²) in [5.74, 6) is -2.44. The molecule has 2 aliphatic rings. The first-order valence-electron chi connectivity index (χ1n) is 12.5. The number of rotatable bonds is 11. The topological polar surface area (TPSA) is 146 Å². The lowest BCUT2D eigenvalue weighted by atomic mass is 9.80. The molecule has 2 heterocycles. The Labute approximate surface area is 206 Å². The molecule has 0 aliphatic carbocycles. The molecule has 4 N–H and O–H groups in total. The average molecular weight is 495 g/mol. The Morgan fingerprint density at radius 3 is 2.40 bits per heavy atom. The Morgan fingerprint density at radius 2 is 1.91 bits per heavy atom. The number of ether oxygens (including phenoxy) is 3. The Bertz CT molecular complexity index is 916. The first-order chi connectivity index (χ1) is 16.6. The Balaban J connectivity index is 2.00. The van der Waals surface area contributed by atoms with Gasteiger partial charge in [-0.05, 0) is 31.7 Å². The van der Waals surface area contributed by atoms with Crippen molar-refractivity contribution in [3.63, 3.8) is 0 Å². The van der Waals surface area contributed by atoms with Crippen molar-refractivity contribution in [2.75, 3.05) is 6.61 Å².